The number of nitrogens with one attached hydrogen (secondary N) is 3. The Balaban J connectivity index is 1.12. The number of carbonyl (C=O) groups excluding carboxylic acids is 1. The molecule has 9 heteroatoms. The van der Waals surface area contributed by atoms with Crippen molar-refractivity contribution in [3.8, 4) is 17.1 Å². The molecule has 2 aliphatic rings. The number of ether oxygens (including phenoxy) is 2. The zero-order valence-corrected chi connectivity index (χ0v) is 23.5. The molecule has 40 heavy (non-hydrogen) atoms. The van der Waals surface area contributed by atoms with E-state index in [9.17, 15) is 4.79 Å². The van der Waals surface area contributed by atoms with Gasteiger partial charge in [0.25, 0.3) is 0 Å². The van der Waals surface area contributed by atoms with E-state index in [4.69, 9.17) is 19.4 Å². The Morgan fingerprint density at radius 1 is 1.05 bits per heavy atom. The first kappa shape index (κ1) is 27.9. The SMILES string of the molecule is COc1ccc(CCN2CCC(OCC3Cc4c(NCCNC(C)=O)nc(-c5ccccc5)nc4N3)CC2)cc1. The van der Waals surface area contributed by atoms with Gasteiger partial charge in [-0.3, -0.25) is 4.79 Å². The van der Waals surface area contributed by atoms with Gasteiger partial charge in [-0.1, -0.05) is 42.5 Å². The normalized spacial score (nSPS) is 17.2. The summed E-state index contributed by atoms with van der Waals surface area (Å²) in [5, 5.41) is 9.83. The lowest BCUT2D eigenvalue weighted by Gasteiger charge is -2.32. The third-order valence-corrected chi connectivity index (χ3v) is 7.57. The molecule has 9 nitrogen and oxygen atoms in total. The second-order valence-electron chi connectivity index (χ2n) is 10.5. The number of rotatable bonds is 12. The van der Waals surface area contributed by atoms with Gasteiger partial charge in [0.05, 0.1) is 25.9 Å². The Morgan fingerprint density at radius 3 is 2.55 bits per heavy atom. The van der Waals surface area contributed by atoms with Crippen molar-refractivity contribution in [3.63, 3.8) is 0 Å². The van der Waals surface area contributed by atoms with Crippen LogP contribution >= 0.6 is 0 Å². The first-order valence-electron chi connectivity index (χ1n) is 14.3. The summed E-state index contributed by atoms with van der Waals surface area (Å²) in [4.78, 5) is 23.5. The molecule has 212 valence electrons. The summed E-state index contributed by atoms with van der Waals surface area (Å²) < 4.78 is 11.7. The number of fused-ring (bicyclic) bond motifs is 1. The monoisotopic (exact) mass is 544 g/mol. The predicted molar refractivity (Wildman–Crippen MR) is 158 cm³/mol. The smallest absolute Gasteiger partial charge is 0.216 e. The first-order chi connectivity index (χ1) is 19.6. The van der Waals surface area contributed by atoms with Crippen molar-refractivity contribution in [1.29, 1.82) is 0 Å². The van der Waals surface area contributed by atoms with Crippen LogP contribution in [0.5, 0.6) is 5.75 Å². The number of likely N-dealkylation sites (tertiary alicyclic amines) is 1. The zero-order valence-electron chi connectivity index (χ0n) is 23.5. The van der Waals surface area contributed by atoms with Crippen LogP contribution in [0.1, 0.15) is 30.9 Å². The molecule has 0 radical (unpaired) electrons. The molecule has 0 bridgehead atoms. The minimum absolute atomic E-state index is 0.0401. The molecule has 2 aliphatic heterocycles. The van der Waals surface area contributed by atoms with Gasteiger partial charge in [-0.05, 0) is 37.0 Å². The van der Waals surface area contributed by atoms with Gasteiger partial charge in [0, 0.05) is 57.2 Å². The molecule has 5 rings (SSSR count). The fourth-order valence-corrected chi connectivity index (χ4v) is 5.30. The molecule has 1 saturated heterocycles. The van der Waals surface area contributed by atoms with Gasteiger partial charge in [0.2, 0.25) is 5.91 Å². The summed E-state index contributed by atoms with van der Waals surface area (Å²) in [6.07, 6.45) is 4.23. The van der Waals surface area contributed by atoms with E-state index in [-0.39, 0.29) is 18.1 Å². The number of nitrogens with zero attached hydrogens (tertiary/aromatic N) is 3. The maximum absolute atomic E-state index is 11.3. The molecule has 1 atom stereocenters. The van der Waals surface area contributed by atoms with Crippen LogP contribution in [0.3, 0.4) is 0 Å². The van der Waals surface area contributed by atoms with Crippen LogP contribution in [-0.4, -0.2) is 79.4 Å². The van der Waals surface area contributed by atoms with E-state index < -0.39 is 0 Å². The number of aromatic nitrogens is 2. The molecular formula is C31H40N6O3. The molecule has 3 N–H and O–H groups in total. The lowest BCUT2D eigenvalue weighted by atomic mass is 10.1. The van der Waals surface area contributed by atoms with E-state index in [1.807, 2.05) is 42.5 Å². The molecule has 2 aromatic carbocycles. The Bertz CT molecular complexity index is 1250. The Labute approximate surface area is 236 Å². The lowest BCUT2D eigenvalue weighted by Crippen LogP contribution is -2.39. The standard InChI is InChI=1S/C31H40N6O3/c1-22(38)32-15-16-33-30-28-20-25(34-31(28)36-29(35-30)24-6-4-3-5-7-24)21-40-27-13-18-37(19-14-27)17-12-23-8-10-26(39-2)11-9-23/h3-11,25,27H,12-21H2,1-2H3,(H,32,38)(H2,33,34,35,36). The van der Waals surface area contributed by atoms with Gasteiger partial charge in [0.1, 0.15) is 17.4 Å². The highest BCUT2D eigenvalue weighted by Crippen LogP contribution is 2.32. The number of piperidine rings is 1. The van der Waals surface area contributed by atoms with Crippen LogP contribution in [0.4, 0.5) is 11.6 Å². The number of carbonyl (C=O) groups is 1. The van der Waals surface area contributed by atoms with Crippen molar-refractivity contribution in [2.24, 2.45) is 0 Å². The fourth-order valence-electron chi connectivity index (χ4n) is 5.30. The highest BCUT2D eigenvalue weighted by atomic mass is 16.5. The molecule has 1 fully saturated rings. The molecule has 0 aliphatic carbocycles. The summed E-state index contributed by atoms with van der Waals surface area (Å²) in [5.41, 5.74) is 3.38. The third-order valence-electron chi connectivity index (χ3n) is 7.57. The van der Waals surface area contributed by atoms with E-state index in [1.54, 1.807) is 7.11 Å². The van der Waals surface area contributed by atoms with Gasteiger partial charge in [-0.25, -0.2) is 9.97 Å². The number of benzene rings is 2. The van der Waals surface area contributed by atoms with Gasteiger partial charge in [0.15, 0.2) is 5.82 Å². The zero-order chi connectivity index (χ0) is 27.7. The maximum atomic E-state index is 11.3. The lowest BCUT2D eigenvalue weighted by molar-refractivity contribution is -0.118. The average molecular weight is 545 g/mol. The topological polar surface area (TPSA) is 101 Å². The number of methoxy groups -OCH3 is 1. The highest BCUT2D eigenvalue weighted by Gasteiger charge is 2.28. The Kier molecular flexibility index (Phi) is 9.46. The van der Waals surface area contributed by atoms with E-state index >= 15 is 0 Å². The predicted octanol–water partition coefficient (Wildman–Crippen LogP) is 3.76. The number of anilines is 2. The van der Waals surface area contributed by atoms with Crippen LogP contribution in [-0.2, 0) is 22.4 Å². The van der Waals surface area contributed by atoms with Gasteiger partial charge < -0.3 is 30.3 Å². The Hall–Kier alpha value is -3.69. The summed E-state index contributed by atoms with van der Waals surface area (Å²) in [6, 6.07) is 18.5. The van der Waals surface area contributed by atoms with Crippen LogP contribution < -0.4 is 20.7 Å². The minimum atomic E-state index is -0.0401. The van der Waals surface area contributed by atoms with Crippen LogP contribution in [0, 0.1) is 0 Å². The summed E-state index contributed by atoms with van der Waals surface area (Å²) >= 11 is 0. The van der Waals surface area contributed by atoms with Gasteiger partial charge in [-0.15, -0.1) is 0 Å². The highest BCUT2D eigenvalue weighted by molar-refractivity contribution is 5.73. The largest absolute Gasteiger partial charge is 0.497 e. The summed E-state index contributed by atoms with van der Waals surface area (Å²) in [6.45, 7) is 6.48. The van der Waals surface area contributed by atoms with Crippen LogP contribution in [0.15, 0.2) is 54.6 Å². The molecular weight excluding hydrogens is 504 g/mol. The van der Waals surface area contributed by atoms with Crippen molar-refractivity contribution in [1.82, 2.24) is 20.2 Å². The molecule has 1 aromatic heterocycles. The Morgan fingerprint density at radius 2 is 1.82 bits per heavy atom. The second kappa shape index (κ2) is 13.6. The van der Waals surface area contributed by atoms with Crippen LogP contribution in [0.2, 0.25) is 0 Å². The quantitative estimate of drug-likeness (QED) is 0.297. The van der Waals surface area contributed by atoms with E-state index in [2.05, 4.69) is 33.0 Å². The van der Waals surface area contributed by atoms with Crippen LogP contribution in [0.25, 0.3) is 11.4 Å². The number of hydrogen-bond donors (Lipinski definition) is 3. The van der Waals surface area contributed by atoms with Crippen molar-refractivity contribution in [2.45, 2.75) is 44.8 Å². The van der Waals surface area contributed by atoms with Crippen molar-refractivity contribution < 1.29 is 14.3 Å². The first-order valence-corrected chi connectivity index (χ1v) is 14.3. The molecule has 3 heterocycles. The van der Waals surface area contributed by atoms with Gasteiger partial charge in [-0.2, -0.15) is 0 Å². The maximum Gasteiger partial charge on any atom is 0.216 e. The van der Waals surface area contributed by atoms with E-state index in [0.29, 0.717) is 25.5 Å². The van der Waals surface area contributed by atoms with Crippen molar-refractivity contribution in [3.05, 3.63) is 65.7 Å². The van der Waals surface area contributed by atoms with Gasteiger partial charge >= 0.3 is 0 Å². The van der Waals surface area contributed by atoms with E-state index in [0.717, 1.165) is 73.8 Å². The summed E-state index contributed by atoms with van der Waals surface area (Å²) in [7, 11) is 1.70. The van der Waals surface area contributed by atoms with E-state index in [1.165, 1.54) is 12.5 Å². The average Bonchev–Trinajstić information content (AvgIpc) is 3.41. The molecule has 0 saturated carbocycles. The van der Waals surface area contributed by atoms with Crippen molar-refractivity contribution in [2.75, 3.05) is 57.1 Å². The van der Waals surface area contributed by atoms with Crippen molar-refractivity contribution >= 4 is 17.5 Å². The molecule has 3 aromatic rings. The number of hydrogen-bond acceptors (Lipinski definition) is 8. The molecule has 1 amide bonds. The molecule has 1 unspecified atom stereocenters. The number of amides is 1. The fraction of sp³-hybridized carbons (Fsp3) is 0.452. The third kappa shape index (κ3) is 7.49. The minimum Gasteiger partial charge on any atom is -0.497 e. The second-order valence-corrected chi connectivity index (χ2v) is 10.5. The molecule has 0 spiro atoms. The summed E-state index contributed by atoms with van der Waals surface area (Å²) in [5.74, 6) is 3.21.